The van der Waals surface area contributed by atoms with Crippen molar-refractivity contribution in [3.05, 3.63) is 83.4 Å². The lowest BCUT2D eigenvalue weighted by Crippen LogP contribution is -2.47. The van der Waals surface area contributed by atoms with Crippen molar-refractivity contribution in [3.63, 3.8) is 0 Å². The number of hydrogen-bond donors (Lipinski definition) is 3. The van der Waals surface area contributed by atoms with Crippen molar-refractivity contribution in [2.24, 2.45) is 5.73 Å². The van der Waals surface area contributed by atoms with Crippen LogP contribution in [0.25, 0.3) is 0 Å². The van der Waals surface area contributed by atoms with Crippen LogP contribution in [0.5, 0.6) is 11.5 Å². The molecule has 0 atom stereocenters. The van der Waals surface area contributed by atoms with E-state index in [0.29, 0.717) is 24.1 Å². The third-order valence-electron chi connectivity index (χ3n) is 8.71. The summed E-state index contributed by atoms with van der Waals surface area (Å²) in [5.74, 6) is -0.484. The number of para-hydroxylation sites is 3. The largest absolute Gasteiger partial charge is 0.455 e. The number of nitrogens with two attached hydrogens (primary N) is 1. The molecule has 2 amide bonds. The standard InChI is InChI=1S/C34H43N5O5S/c1-25-28(33(35)40)15-16-31(45(42,43)37-29-13-6-7-14-30(29)44-27-11-4-2-5-12-27)32(25)34(41)36-19-10-20-38-23-17-26(18-24-38)39-21-8-3-9-22-39/h2,4-7,11-16,26,37H,3,8-10,17-24H2,1H3,(H2,35,40)(H,36,41). The van der Waals surface area contributed by atoms with E-state index in [1.54, 1.807) is 36.4 Å². The minimum absolute atomic E-state index is 0.0866. The van der Waals surface area contributed by atoms with Gasteiger partial charge in [0.05, 0.1) is 11.3 Å². The lowest BCUT2D eigenvalue weighted by molar-refractivity contribution is 0.0901. The molecule has 4 N–H and O–H groups in total. The molecule has 3 aromatic rings. The Labute approximate surface area is 266 Å². The van der Waals surface area contributed by atoms with Gasteiger partial charge >= 0.3 is 0 Å². The molecule has 2 heterocycles. The molecule has 45 heavy (non-hydrogen) atoms. The van der Waals surface area contributed by atoms with E-state index < -0.39 is 21.8 Å². The Morgan fingerprint density at radius 2 is 1.60 bits per heavy atom. The number of amides is 2. The molecule has 2 aliphatic rings. The number of nitrogens with zero attached hydrogens (tertiary/aromatic N) is 2. The number of hydrogen-bond acceptors (Lipinski definition) is 7. The fourth-order valence-corrected chi connectivity index (χ4v) is 7.63. The predicted molar refractivity (Wildman–Crippen MR) is 175 cm³/mol. The second-order valence-electron chi connectivity index (χ2n) is 11.8. The van der Waals surface area contributed by atoms with Gasteiger partial charge in [-0.2, -0.15) is 0 Å². The highest BCUT2D eigenvalue weighted by atomic mass is 32.2. The SMILES string of the molecule is Cc1c(C(N)=O)ccc(S(=O)(=O)Nc2ccccc2Oc2ccccc2)c1C(=O)NCCCN1CCC(N2CCCCC2)CC1. The number of benzene rings is 3. The summed E-state index contributed by atoms with van der Waals surface area (Å²) in [6.45, 7) is 7.26. The number of piperidine rings is 2. The van der Waals surface area contributed by atoms with Crippen LogP contribution in [-0.2, 0) is 10.0 Å². The van der Waals surface area contributed by atoms with Gasteiger partial charge in [0.2, 0.25) is 5.91 Å². The molecule has 2 saturated heterocycles. The summed E-state index contributed by atoms with van der Waals surface area (Å²) in [6, 6.07) is 18.9. The van der Waals surface area contributed by atoms with Crippen molar-refractivity contribution >= 4 is 27.5 Å². The maximum absolute atomic E-state index is 13.8. The Hall–Kier alpha value is -3.93. The molecule has 2 fully saturated rings. The van der Waals surface area contributed by atoms with Crippen LogP contribution in [0.3, 0.4) is 0 Å². The Morgan fingerprint density at radius 3 is 2.31 bits per heavy atom. The van der Waals surface area contributed by atoms with Crippen molar-refractivity contribution in [1.82, 2.24) is 15.1 Å². The fraction of sp³-hybridized carbons (Fsp3) is 0.412. The highest BCUT2D eigenvalue weighted by molar-refractivity contribution is 7.92. The summed E-state index contributed by atoms with van der Waals surface area (Å²) in [5, 5.41) is 2.88. The van der Waals surface area contributed by atoms with Gasteiger partial charge in [-0.15, -0.1) is 0 Å². The summed E-state index contributed by atoms with van der Waals surface area (Å²) in [6.07, 6.45) is 7.00. The van der Waals surface area contributed by atoms with Crippen LogP contribution in [-0.4, -0.2) is 75.3 Å². The van der Waals surface area contributed by atoms with Crippen LogP contribution in [0.1, 0.15) is 64.8 Å². The number of carbonyl (C=O) groups excluding carboxylic acids is 2. The van der Waals surface area contributed by atoms with Gasteiger partial charge in [-0.25, -0.2) is 8.42 Å². The smallest absolute Gasteiger partial charge is 0.262 e. The zero-order valence-electron chi connectivity index (χ0n) is 25.8. The number of likely N-dealkylation sites (tertiary alicyclic amines) is 2. The van der Waals surface area contributed by atoms with Crippen molar-refractivity contribution in [2.75, 3.05) is 44.0 Å². The monoisotopic (exact) mass is 633 g/mol. The van der Waals surface area contributed by atoms with Gasteiger partial charge in [-0.3, -0.25) is 14.3 Å². The molecule has 0 aliphatic carbocycles. The van der Waals surface area contributed by atoms with E-state index in [-0.39, 0.29) is 27.3 Å². The lowest BCUT2D eigenvalue weighted by Gasteiger charge is -2.40. The molecule has 240 valence electrons. The molecule has 2 aliphatic heterocycles. The van der Waals surface area contributed by atoms with Crippen molar-refractivity contribution < 1.29 is 22.7 Å². The second kappa shape index (κ2) is 14.9. The van der Waals surface area contributed by atoms with Crippen LogP contribution in [0, 0.1) is 6.92 Å². The molecule has 0 unspecified atom stereocenters. The number of nitrogens with one attached hydrogen (secondary N) is 2. The lowest BCUT2D eigenvalue weighted by atomic mass is 10.00. The molecular weight excluding hydrogens is 590 g/mol. The number of carbonyl (C=O) groups is 2. The highest BCUT2D eigenvalue weighted by Gasteiger charge is 2.28. The number of ether oxygens (including phenoxy) is 1. The average molecular weight is 634 g/mol. The Bertz CT molecular complexity index is 1580. The summed E-state index contributed by atoms with van der Waals surface area (Å²) < 4.78 is 36.0. The Morgan fingerprint density at radius 1 is 0.911 bits per heavy atom. The van der Waals surface area contributed by atoms with E-state index in [4.69, 9.17) is 10.5 Å². The van der Waals surface area contributed by atoms with Crippen LogP contribution in [0.4, 0.5) is 5.69 Å². The minimum atomic E-state index is -4.29. The predicted octanol–water partition coefficient (Wildman–Crippen LogP) is 4.76. The Balaban J connectivity index is 1.25. The van der Waals surface area contributed by atoms with E-state index in [2.05, 4.69) is 19.8 Å². The van der Waals surface area contributed by atoms with Crippen molar-refractivity contribution in [2.45, 2.75) is 56.4 Å². The first-order chi connectivity index (χ1) is 21.7. The zero-order chi connectivity index (χ0) is 31.8. The first-order valence-electron chi connectivity index (χ1n) is 15.8. The number of anilines is 1. The van der Waals surface area contributed by atoms with Gasteiger partial charge in [0, 0.05) is 18.2 Å². The third kappa shape index (κ3) is 8.22. The minimum Gasteiger partial charge on any atom is -0.455 e. The van der Waals surface area contributed by atoms with E-state index in [9.17, 15) is 18.0 Å². The van der Waals surface area contributed by atoms with Crippen molar-refractivity contribution in [3.8, 4) is 11.5 Å². The van der Waals surface area contributed by atoms with Gasteiger partial charge in [-0.1, -0.05) is 36.8 Å². The third-order valence-corrected chi connectivity index (χ3v) is 10.1. The topological polar surface area (TPSA) is 134 Å². The van der Waals surface area contributed by atoms with Gasteiger partial charge in [0.1, 0.15) is 10.6 Å². The first kappa shape index (κ1) is 32.5. The van der Waals surface area contributed by atoms with Gasteiger partial charge in [0.15, 0.2) is 5.75 Å². The summed E-state index contributed by atoms with van der Waals surface area (Å²) in [4.78, 5) is 30.5. The van der Waals surface area contributed by atoms with Crippen LogP contribution in [0.15, 0.2) is 71.6 Å². The number of sulfonamides is 1. The van der Waals surface area contributed by atoms with E-state index in [1.165, 1.54) is 64.3 Å². The van der Waals surface area contributed by atoms with Crippen LogP contribution >= 0.6 is 0 Å². The maximum atomic E-state index is 13.8. The Kier molecular flexibility index (Phi) is 10.7. The quantitative estimate of drug-likeness (QED) is 0.245. The number of rotatable bonds is 12. The van der Waals surface area contributed by atoms with Crippen LogP contribution in [0.2, 0.25) is 0 Å². The van der Waals surface area contributed by atoms with Crippen molar-refractivity contribution in [1.29, 1.82) is 0 Å². The summed E-state index contributed by atoms with van der Waals surface area (Å²) in [7, 11) is -4.29. The molecule has 11 heteroatoms. The van der Waals surface area contributed by atoms with Gasteiger partial charge in [0.25, 0.3) is 15.9 Å². The zero-order valence-corrected chi connectivity index (χ0v) is 26.7. The summed E-state index contributed by atoms with van der Waals surface area (Å²) in [5.41, 5.74) is 5.95. The highest BCUT2D eigenvalue weighted by Crippen LogP contribution is 2.32. The first-order valence-corrected chi connectivity index (χ1v) is 17.2. The maximum Gasteiger partial charge on any atom is 0.262 e. The van der Waals surface area contributed by atoms with E-state index in [0.717, 1.165) is 26.1 Å². The molecule has 0 saturated carbocycles. The normalized spacial score (nSPS) is 16.6. The average Bonchev–Trinajstić information content (AvgIpc) is 3.04. The van der Waals surface area contributed by atoms with E-state index in [1.807, 2.05) is 18.2 Å². The molecule has 0 bridgehead atoms. The second-order valence-corrected chi connectivity index (χ2v) is 13.4. The molecule has 3 aromatic carbocycles. The summed E-state index contributed by atoms with van der Waals surface area (Å²) >= 11 is 0. The van der Waals surface area contributed by atoms with E-state index >= 15 is 0 Å². The molecule has 0 aromatic heterocycles. The van der Waals surface area contributed by atoms with Gasteiger partial charge in [-0.05, 0) is 114 Å². The van der Waals surface area contributed by atoms with Crippen LogP contribution < -0.4 is 20.5 Å². The molecular formula is C34H43N5O5S. The van der Waals surface area contributed by atoms with Gasteiger partial charge < -0.3 is 25.6 Å². The molecule has 5 rings (SSSR count). The number of primary amides is 1. The molecule has 10 nitrogen and oxygen atoms in total. The molecule has 0 radical (unpaired) electrons. The fourth-order valence-electron chi connectivity index (χ4n) is 6.30. The molecule has 0 spiro atoms.